The maximum absolute atomic E-state index is 11.8. The van der Waals surface area contributed by atoms with Crippen molar-refractivity contribution in [3.8, 4) is 0 Å². The van der Waals surface area contributed by atoms with Gasteiger partial charge in [-0.15, -0.1) is 11.6 Å². The maximum atomic E-state index is 11.8. The predicted octanol–water partition coefficient (Wildman–Crippen LogP) is 0.513. The van der Waals surface area contributed by atoms with E-state index in [1.165, 1.54) is 0 Å². The highest BCUT2D eigenvalue weighted by molar-refractivity contribution is 6.30. The van der Waals surface area contributed by atoms with Gasteiger partial charge in [0.1, 0.15) is 18.0 Å². The molecule has 0 bridgehead atoms. The van der Waals surface area contributed by atoms with Crippen LogP contribution in [0.15, 0.2) is 30.3 Å². The Hall–Kier alpha value is -1.59. The number of hydroxylamine groups is 1. The zero-order valence-corrected chi connectivity index (χ0v) is 9.61. The van der Waals surface area contributed by atoms with Gasteiger partial charge in [0, 0.05) is 0 Å². The van der Waals surface area contributed by atoms with Gasteiger partial charge in [0.25, 0.3) is 5.91 Å². The van der Waals surface area contributed by atoms with Crippen LogP contribution in [0.4, 0.5) is 0 Å². The van der Waals surface area contributed by atoms with Crippen molar-refractivity contribution < 1.29 is 14.4 Å². The topological polar surface area (TPSA) is 67.4 Å². The van der Waals surface area contributed by atoms with Gasteiger partial charge in [-0.3, -0.25) is 14.4 Å². The fourth-order valence-electron chi connectivity index (χ4n) is 1.47. The Balaban J connectivity index is 1.98. The van der Waals surface area contributed by atoms with E-state index in [0.717, 1.165) is 0 Å². The standard InChI is InChI=1S/C11H11ClN2O3/c12-9(7-4-2-1-3-5-7)11(16)13-8-6-17-14-10(8)15/h1-5,8-9H,6H2,(H,13,16)(H,14,15)/t8-,9?/m1/s1. The first-order chi connectivity index (χ1) is 8.18. The lowest BCUT2D eigenvalue weighted by atomic mass is 10.1. The summed E-state index contributed by atoms with van der Waals surface area (Å²) in [4.78, 5) is 27.6. The van der Waals surface area contributed by atoms with Crippen molar-refractivity contribution >= 4 is 23.4 Å². The van der Waals surface area contributed by atoms with Gasteiger partial charge in [-0.05, 0) is 5.56 Å². The number of halogens is 1. The first kappa shape index (κ1) is 11.9. The highest BCUT2D eigenvalue weighted by Gasteiger charge is 2.29. The Kier molecular flexibility index (Phi) is 3.61. The van der Waals surface area contributed by atoms with Crippen LogP contribution < -0.4 is 10.8 Å². The van der Waals surface area contributed by atoms with E-state index in [4.69, 9.17) is 16.4 Å². The van der Waals surface area contributed by atoms with Gasteiger partial charge in [-0.25, -0.2) is 5.48 Å². The van der Waals surface area contributed by atoms with Crippen molar-refractivity contribution in [2.24, 2.45) is 0 Å². The third-order valence-corrected chi connectivity index (χ3v) is 2.83. The Labute approximate surface area is 103 Å². The second-order valence-electron chi connectivity index (χ2n) is 3.61. The minimum atomic E-state index is -0.815. The molecule has 6 heteroatoms. The van der Waals surface area contributed by atoms with Gasteiger partial charge < -0.3 is 5.32 Å². The molecule has 90 valence electrons. The molecule has 1 heterocycles. The quantitative estimate of drug-likeness (QED) is 0.773. The third-order valence-electron chi connectivity index (χ3n) is 2.38. The van der Waals surface area contributed by atoms with Gasteiger partial charge in [0.05, 0.1) is 0 Å². The molecule has 1 aliphatic heterocycles. The molecule has 2 N–H and O–H groups in total. The average molecular weight is 255 g/mol. The number of hydrogen-bond acceptors (Lipinski definition) is 3. The number of nitrogens with one attached hydrogen (secondary N) is 2. The van der Waals surface area contributed by atoms with Gasteiger partial charge in [0.2, 0.25) is 5.91 Å². The van der Waals surface area contributed by atoms with E-state index in [1.807, 2.05) is 6.07 Å². The highest BCUT2D eigenvalue weighted by atomic mass is 35.5. The fourth-order valence-corrected chi connectivity index (χ4v) is 1.68. The molecule has 1 saturated heterocycles. The third kappa shape index (κ3) is 2.75. The van der Waals surface area contributed by atoms with Crippen LogP contribution in [-0.2, 0) is 14.4 Å². The molecule has 0 radical (unpaired) electrons. The van der Waals surface area contributed by atoms with Gasteiger partial charge in [-0.2, -0.15) is 0 Å². The van der Waals surface area contributed by atoms with Crippen molar-refractivity contribution in [1.82, 2.24) is 10.8 Å². The molecule has 0 spiro atoms. The van der Waals surface area contributed by atoms with E-state index >= 15 is 0 Å². The monoisotopic (exact) mass is 254 g/mol. The largest absolute Gasteiger partial charge is 0.341 e. The predicted molar refractivity (Wildman–Crippen MR) is 61.1 cm³/mol. The van der Waals surface area contributed by atoms with E-state index < -0.39 is 17.3 Å². The Bertz CT molecular complexity index is 424. The summed E-state index contributed by atoms with van der Waals surface area (Å²) in [7, 11) is 0. The summed E-state index contributed by atoms with van der Waals surface area (Å²) in [6, 6.07) is 8.26. The summed E-state index contributed by atoms with van der Waals surface area (Å²) in [6.45, 7) is 0.114. The lowest BCUT2D eigenvalue weighted by Gasteiger charge is -2.12. The number of benzene rings is 1. The summed E-state index contributed by atoms with van der Waals surface area (Å²) in [5, 5.41) is 1.70. The summed E-state index contributed by atoms with van der Waals surface area (Å²) in [5.74, 6) is -0.779. The lowest BCUT2D eigenvalue weighted by molar-refractivity contribution is -0.128. The van der Waals surface area contributed by atoms with Crippen LogP contribution in [0.25, 0.3) is 0 Å². The Morgan fingerprint density at radius 2 is 2.18 bits per heavy atom. The molecular weight excluding hydrogens is 244 g/mol. The second-order valence-corrected chi connectivity index (χ2v) is 4.05. The summed E-state index contributed by atoms with van der Waals surface area (Å²) >= 11 is 6.00. The molecule has 1 unspecified atom stereocenters. The zero-order valence-electron chi connectivity index (χ0n) is 8.85. The van der Waals surface area contributed by atoms with Crippen LogP contribution in [0.1, 0.15) is 10.9 Å². The van der Waals surface area contributed by atoms with E-state index in [1.54, 1.807) is 24.3 Å². The van der Waals surface area contributed by atoms with Crippen LogP contribution in [0.3, 0.4) is 0 Å². The molecular formula is C11H11ClN2O3. The molecule has 1 aromatic rings. The van der Waals surface area contributed by atoms with Crippen molar-refractivity contribution in [2.75, 3.05) is 6.61 Å². The molecule has 17 heavy (non-hydrogen) atoms. The fraction of sp³-hybridized carbons (Fsp3) is 0.273. The van der Waals surface area contributed by atoms with Crippen LogP contribution in [0, 0.1) is 0 Å². The van der Waals surface area contributed by atoms with Crippen LogP contribution >= 0.6 is 11.6 Å². The van der Waals surface area contributed by atoms with Crippen molar-refractivity contribution in [2.45, 2.75) is 11.4 Å². The number of rotatable bonds is 3. The van der Waals surface area contributed by atoms with Crippen molar-refractivity contribution in [3.05, 3.63) is 35.9 Å². The second kappa shape index (κ2) is 5.16. The summed E-state index contributed by atoms with van der Waals surface area (Å²) < 4.78 is 0. The van der Waals surface area contributed by atoms with E-state index in [0.29, 0.717) is 5.56 Å². The minimum Gasteiger partial charge on any atom is -0.341 e. The van der Waals surface area contributed by atoms with Crippen LogP contribution in [0.2, 0.25) is 0 Å². The average Bonchev–Trinajstić information content (AvgIpc) is 2.75. The molecule has 1 fully saturated rings. The Morgan fingerprint density at radius 1 is 1.47 bits per heavy atom. The van der Waals surface area contributed by atoms with E-state index in [2.05, 4.69) is 10.8 Å². The molecule has 1 aliphatic rings. The summed E-state index contributed by atoms with van der Waals surface area (Å²) in [6.07, 6.45) is 0. The lowest BCUT2D eigenvalue weighted by Crippen LogP contribution is -2.42. The molecule has 5 nitrogen and oxygen atoms in total. The first-order valence-corrected chi connectivity index (χ1v) is 5.53. The number of hydrogen-bond donors (Lipinski definition) is 2. The molecule has 2 atom stereocenters. The first-order valence-electron chi connectivity index (χ1n) is 5.09. The molecule has 0 aromatic heterocycles. The van der Waals surface area contributed by atoms with Gasteiger partial charge in [-0.1, -0.05) is 30.3 Å². The maximum Gasteiger partial charge on any atom is 0.268 e. The normalized spacial score (nSPS) is 20.8. The SMILES string of the molecule is O=C(N[C@@H]1CONC1=O)C(Cl)c1ccccc1. The van der Waals surface area contributed by atoms with E-state index in [-0.39, 0.29) is 12.5 Å². The van der Waals surface area contributed by atoms with Crippen molar-refractivity contribution in [1.29, 1.82) is 0 Å². The highest BCUT2D eigenvalue weighted by Crippen LogP contribution is 2.20. The van der Waals surface area contributed by atoms with Crippen LogP contribution in [0.5, 0.6) is 0 Å². The number of alkyl halides is 1. The molecule has 0 saturated carbocycles. The Morgan fingerprint density at radius 3 is 2.76 bits per heavy atom. The zero-order chi connectivity index (χ0) is 12.3. The summed E-state index contributed by atoms with van der Waals surface area (Å²) in [5.41, 5.74) is 2.84. The van der Waals surface area contributed by atoms with Gasteiger partial charge >= 0.3 is 0 Å². The molecule has 2 rings (SSSR count). The van der Waals surface area contributed by atoms with Crippen molar-refractivity contribution in [3.63, 3.8) is 0 Å². The minimum absolute atomic E-state index is 0.114. The number of carbonyl (C=O) groups excluding carboxylic acids is 2. The number of carbonyl (C=O) groups is 2. The number of amides is 2. The molecule has 1 aromatic carbocycles. The molecule has 0 aliphatic carbocycles. The smallest absolute Gasteiger partial charge is 0.268 e. The van der Waals surface area contributed by atoms with E-state index in [9.17, 15) is 9.59 Å². The van der Waals surface area contributed by atoms with Crippen LogP contribution in [-0.4, -0.2) is 24.5 Å². The molecule has 2 amide bonds. The van der Waals surface area contributed by atoms with Gasteiger partial charge in [0.15, 0.2) is 0 Å².